The Morgan fingerprint density at radius 2 is 1.95 bits per heavy atom. The summed E-state index contributed by atoms with van der Waals surface area (Å²) in [5.41, 5.74) is 0. The minimum atomic E-state index is -0.529. The maximum atomic E-state index is 12.1. The highest BCUT2D eigenvalue weighted by Gasteiger charge is 2.21. The highest BCUT2D eigenvalue weighted by atomic mass is 32.2. The van der Waals surface area contributed by atoms with Crippen LogP contribution >= 0.6 is 11.8 Å². The maximum absolute atomic E-state index is 12.1. The molecule has 0 aromatic heterocycles. The molecule has 0 aromatic carbocycles. The van der Waals surface area contributed by atoms with E-state index in [1.807, 2.05) is 27.7 Å². The van der Waals surface area contributed by atoms with Gasteiger partial charge in [0.05, 0.1) is 32.0 Å². The summed E-state index contributed by atoms with van der Waals surface area (Å²) in [5, 5.41) is 21.6. The number of Topliss-reactive ketones (excluding diaryl/α,β-unsaturated/α-hetero) is 1. The lowest BCUT2D eigenvalue weighted by Crippen LogP contribution is -2.43. The van der Waals surface area contributed by atoms with Gasteiger partial charge in [0.15, 0.2) is 5.78 Å². The first-order valence-electron chi connectivity index (χ1n) is 7.62. The van der Waals surface area contributed by atoms with Crippen molar-refractivity contribution in [1.82, 2.24) is 5.32 Å². The second kappa shape index (κ2) is 12.4. The molecule has 2 atom stereocenters. The summed E-state index contributed by atoms with van der Waals surface area (Å²) in [5.74, 6) is 1.68. The minimum Gasteiger partial charge on any atom is -0.394 e. The van der Waals surface area contributed by atoms with E-state index in [1.165, 1.54) is 0 Å². The molecule has 0 bridgehead atoms. The van der Waals surface area contributed by atoms with Crippen LogP contribution in [-0.4, -0.2) is 65.5 Å². The molecule has 0 fully saturated rings. The van der Waals surface area contributed by atoms with E-state index < -0.39 is 6.10 Å². The number of ether oxygens (including phenoxy) is 1. The number of rotatable bonds is 13. The van der Waals surface area contributed by atoms with Gasteiger partial charge in [0.2, 0.25) is 0 Å². The zero-order valence-electron chi connectivity index (χ0n) is 13.7. The van der Waals surface area contributed by atoms with Crippen LogP contribution in [0.5, 0.6) is 0 Å². The van der Waals surface area contributed by atoms with E-state index in [9.17, 15) is 9.90 Å². The average Bonchev–Trinajstić information content (AvgIpc) is 2.41. The molecule has 21 heavy (non-hydrogen) atoms. The maximum Gasteiger partial charge on any atom is 0.152 e. The van der Waals surface area contributed by atoms with Gasteiger partial charge in [-0.3, -0.25) is 4.79 Å². The second-order valence-electron chi connectivity index (χ2n) is 5.75. The summed E-state index contributed by atoms with van der Waals surface area (Å²) in [6.07, 6.45) is 0.239. The van der Waals surface area contributed by atoms with Crippen molar-refractivity contribution >= 4 is 17.5 Å². The number of carbonyl (C=O) groups excluding carboxylic acids is 1. The molecule has 6 heteroatoms. The third-order valence-corrected chi connectivity index (χ3v) is 4.00. The Morgan fingerprint density at radius 1 is 1.29 bits per heavy atom. The molecule has 126 valence electrons. The summed E-state index contributed by atoms with van der Waals surface area (Å²) in [6, 6.07) is 0.167. The molecule has 0 spiro atoms. The third-order valence-electron chi connectivity index (χ3n) is 2.85. The molecule has 1 unspecified atom stereocenters. The van der Waals surface area contributed by atoms with E-state index in [-0.39, 0.29) is 43.6 Å². The van der Waals surface area contributed by atoms with Crippen LogP contribution in [0.2, 0.25) is 0 Å². The first kappa shape index (κ1) is 20.9. The average molecular weight is 321 g/mol. The van der Waals surface area contributed by atoms with Gasteiger partial charge in [0, 0.05) is 17.7 Å². The van der Waals surface area contributed by atoms with Gasteiger partial charge >= 0.3 is 0 Å². The van der Waals surface area contributed by atoms with Crippen molar-refractivity contribution in [2.45, 2.75) is 52.3 Å². The second-order valence-corrected chi connectivity index (χ2v) is 6.90. The van der Waals surface area contributed by atoms with Gasteiger partial charge in [-0.05, 0) is 12.2 Å². The zero-order valence-corrected chi connectivity index (χ0v) is 14.5. The van der Waals surface area contributed by atoms with Crippen molar-refractivity contribution in [1.29, 1.82) is 0 Å². The predicted octanol–water partition coefficient (Wildman–Crippen LogP) is 1.07. The molecule has 0 rings (SSSR count). The van der Waals surface area contributed by atoms with Crippen LogP contribution in [0.15, 0.2) is 0 Å². The van der Waals surface area contributed by atoms with Crippen LogP contribution in [0, 0.1) is 5.92 Å². The molecule has 5 nitrogen and oxygen atoms in total. The van der Waals surface area contributed by atoms with Crippen LogP contribution in [0.3, 0.4) is 0 Å². The summed E-state index contributed by atoms with van der Waals surface area (Å²) >= 11 is 1.62. The molecule has 0 heterocycles. The molecular weight excluding hydrogens is 290 g/mol. The van der Waals surface area contributed by atoms with Crippen molar-refractivity contribution in [2.75, 3.05) is 31.3 Å². The van der Waals surface area contributed by atoms with E-state index in [2.05, 4.69) is 5.32 Å². The standard InChI is InChI=1S/C15H31NO4S/c1-11(2)15(19)14(16-12(3)4)5-8-21-10-13(18)9-20-7-6-17/h11-14,16-18H,5-10H2,1-4H3/t13?,14-/m0/s1. The minimum absolute atomic E-state index is 0.0280. The molecule has 0 aliphatic rings. The van der Waals surface area contributed by atoms with Crippen LogP contribution in [-0.2, 0) is 9.53 Å². The smallest absolute Gasteiger partial charge is 0.152 e. The van der Waals surface area contributed by atoms with Crippen LogP contribution < -0.4 is 5.32 Å². The van der Waals surface area contributed by atoms with Crippen LogP contribution in [0.1, 0.15) is 34.1 Å². The van der Waals surface area contributed by atoms with E-state index in [1.54, 1.807) is 11.8 Å². The fourth-order valence-corrected chi connectivity index (χ4v) is 2.80. The van der Waals surface area contributed by atoms with Crippen LogP contribution in [0.4, 0.5) is 0 Å². The van der Waals surface area contributed by atoms with Crippen LogP contribution in [0.25, 0.3) is 0 Å². The van der Waals surface area contributed by atoms with Gasteiger partial charge < -0.3 is 20.3 Å². The first-order chi connectivity index (χ1) is 9.88. The number of carbonyl (C=O) groups is 1. The highest BCUT2D eigenvalue weighted by molar-refractivity contribution is 7.99. The SMILES string of the molecule is CC(C)N[C@@H](CCSCC(O)COCCO)C(=O)C(C)C. The molecule has 0 saturated carbocycles. The first-order valence-corrected chi connectivity index (χ1v) is 8.78. The third kappa shape index (κ3) is 11.1. The summed E-state index contributed by atoms with van der Waals surface area (Å²) in [4.78, 5) is 12.1. The van der Waals surface area contributed by atoms with Gasteiger partial charge in [-0.2, -0.15) is 11.8 Å². The monoisotopic (exact) mass is 321 g/mol. The van der Waals surface area contributed by atoms with Crippen molar-refractivity contribution in [3.8, 4) is 0 Å². The van der Waals surface area contributed by atoms with Crippen molar-refractivity contribution in [3.63, 3.8) is 0 Å². The number of hydrogen-bond acceptors (Lipinski definition) is 6. The lowest BCUT2D eigenvalue weighted by atomic mass is 9.99. The molecule has 0 amide bonds. The largest absolute Gasteiger partial charge is 0.394 e. The number of aliphatic hydroxyl groups is 2. The van der Waals surface area contributed by atoms with Gasteiger partial charge in [-0.15, -0.1) is 0 Å². The molecule has 0 saturated heterocycles. The van der Waals surface area contributed by atoms with Crippen molar-refractivity contribution in [2.24, 2.45) is 5.92 Å². The molecular formula is C15H31NO4S. The quantitative estimate of drug-likeness (QED) is 0.441. The molecule has 0 radical (unpaired) electrons. The van der Waals surface area contributed by atoms with E-state index in [4.69, 9.17) is 9.84 Å². The fraction of sp³-hybridized carbons (Fsp3) is 0.933. The van der Waals surface area contributed by atoms with E-state index >= 15 is 0 Å². The number of aliphatic hydroxyl groups excluding tert-OH is 2. The van der Waals surface area contributed by atoms with Gasteiger partial charge in [-0.25, -0.2) is 0 Å². The summed E-state index contributed by atoms with van der Waals surface area (Å²) < 4.78 is 5.07. The van der Waals surface area contributed by atoms with E-state index in [0.29, 0.717) is 5.75 Å². The van der Waals surface area contributed by atoms with Gasteiger partial charge in [-0.1, -0.05) is 27.7 Å². The molecule has 0 aliphatic carbocycles. The van der Waals surface area contributed by atoms with E-state index in [0.717, 1.165) is 12.2 Å². The Balaban J connectivity index is 3.94. The highest BCUT2D eigenvalue weighted by Crippen LogP contribution is 2.11. The van der Waals surface area contributed by atoms with Gasteiger partial charge in [0.25, 0.3) is 0 Å². The number of nitrogens with one attached hydrogen (secondary N) is 1. The van der Waals surface area contributed by atoms with Crippen molar-refractivity contribution in [3.05, 3.63) is 0 Å². The Hall–Kier alpha value is -0.140. The number of thioether (sulfide) groups is 1. The Kier molecular flexibility index (Phi) is 12.3. The number of ketones is 1. The fourth-order valence-electron chi connectivity index (χ4n) is 1.87. The lowest BCUT2D eigenvalue weighted by Gasteiger charge is -2.22. The summed E-state index contributed by atoms with van der Waals surface area (Å²) in [7, 11) is 0. The van der Waals surface area contributed by atoms with Crippen molar-refractivity contribution < 1.29 is 19.7 Å². The topological polar surface area (TPSA) is 78.8 Å². The number of hydrogen-bond donors (Lipinski definition) is 3. The molecule has 3 N–H and O–H groups in total. The predicted molar refractivity (Wildman–Crippen MR) is 87.8 cm³/mol. The normalized spacial score (nSPS) is 14.7. The lowest BCUT2D eigenvalue weighted by molar-refractivity contribution is -0.124. The summed E-state index contributed by atoms with van der Waals surface area (Å²) in [6.45, 7) is 8.39. The van der Waals surface area contributed by atoms with Gasteiger partial charge in [0.1, 0.15) is 0 Å². The zero-order chi connectivity index (χ0) is 16.3. The Labute approximate surface area is 132 Å². The Bertz CT molecular complexity index is 274. The Morgan fingerprint density at radius 3 is 2.48 bits per heavy atom. The molecule has 0 aromatic rings. The molecule has 0 aliphatic heterocycles.